The number of nitrogens with zero attached hydrogens (tertiary/aromatic N) is 1. The third-order valence-electron chi connectivity index (χ3n) is 3.12. The molecule has 1 fully saturated rings. The van der Waals surface area contributed by atoms with Gasteiger partial charge < -0.3 is 9.64 Å². The summed E-state index contributed by atoms with van der Waals surface area (Å²) in [6, 6.07) is 0.00227. The van der Waals surface area contributed by atoms with E-state index in [1.807, 2.05) is 27.7 Å². The highest BCUT2D eigenvalue weighted by atomic mass is 35.5. The van der Waals surface area contributed by atoms with Gasteiger partial charge >= 0.3 is 0 Å². The van der Waals surface area contributed by atoms with Crippen LogP contribution in [0.25, 0.3) is 0 Å². The lowest BCUT2D eigenvalue weighted by Gasteiger charge is -2.35. The Labute approximate surface area is 101 Å². The smallest absolute Gasteiger partial charge is 0.258 e. The van der Waals surface area contributed by atoms with Crippen molar-refractivity contribution in [3.8, 4) is 0 Å². The summed E-state index contributed by atoms with van der Waals surface area (Å²) in [6.07, 6.45) is 0.722. The third-order valence-corrected chi connectivity index (χ3v) is 3.49. The molecule has 1 aliphatic heterocycles. The predicted octanol–water partition coefficient (Wildman–Crippen LogP) is 2.55. The average Bonchev–Trinajstić information content (AvgIpc) is 2.38. The largest absolute Gasteiger partial charge is 0.351 e. The van der Waals surface area contributed by atoms with Gasteiger partial charge in [0.2, 0.25) is 0 Å². The summed E-state index contributed by atoms with van der Waals surface area (Å²) < 4.78 is 5.78. The molecule has 0 bridgehead atoms. The monoisotopic (exact) mass is 253 g/mol. The van der Waals surface area contributed by atoms with Crippen molar-refractivity contribution in [2.45, 2.75) is 56.8 Å². The summed E-state index contributed by atoms with van der Waals surface area (Å²) in [5.41, 5.74) is -0.585. The molecular formula is C10H17Cl2NO2. The second-order valence-electron chi connectivity index (χ2n) is 4.10. The summed E-state index contributed by atoms with van der Waals surface area (Å²) in [5.74, 6) is -0.278. The van der Waals surface area contributed by atoms with Crippen LogP contribution in [0.15, 0.2) is 0 Å². The molecule has 3 nitrogen and oxygen atoms in total. The Kier molecular flexibility index (Phi) is 3.90. The Morgan fingerprint density at radius 2 is 2.07 bits per heavy atom. The predicted molar refractivity (Wildman–Crippen MR) is 61.0 cm³/mol. The van der Waals surface area contributed by atoms with Gasteiger partial charge in [0, 0.05) is 0 Å². The van der Waals surface area contributed by atoms with Gasteiger partial charge in [-0.1, -0.05) is 30.1 Å². The van der Waals surface area contributed by atoms with Crippen molar-refractivity contribution in [3.63, 3.8) is 0 Å². The van der Waals surface area contributed by atoms with Gasteiger partial charge in [0.1, 0.15) is 5.72 Å². The minimum atomic E-state index is -1.02. The molecule has 1 aliphatic rings. The molecule has 0 saturated carbocycles. The van der Waals surface area contributed by atoms with Gasteiger partial charge in [-0.3, -0.25) is 4.79 Å². The topological polar surface area (TPSA) is 29.5 Å². The summed E-state index contributed by atoms with van der Waals surface area (Å²) in [7, 11) is 0. The molecular weight excluding hydrogens is 237 g/mol. The van der Waals surface area contributed by atoms with Crippen molar-refractivity contribution < 1.29 is 9.53 Å². The highest BCUT2D eigenvalue weighted by molar-refractivity contribution is 6.53. The first-order valence-corrected chi connectivity index (χ1v) is 6.00. The number of carbonyl (C=O) groups excluding carboxylic acids is 1. The number of alkyl halides is 2. The Morgan fingerprint density at radius 1 is 1.53 bits per heavy atom. The van der Waals surface area contributed by atoms with Crippen molar-refractivity contribution >= 4 is 29.1 Å². The van der Waals surface area contributed by atoms with E-state index in [0.717, 1.165) is 0 Å². The Hall–Kier alpha value is 0.01000. The SMILES string of the molecule is CCC1(C)OC(C)C(C)N1C(=O)C(Cl)Cl. The maximum atomic E-state index is 11.9. The van der Waals surface area contributed by atoms with E-state index in [1.54, 1.807) is 4.90 Å². The molecule has 1 rings (SSSR count). The molecule has 88 valence electrons. The van der Waals surface area contributed by atoms with Gasteiger partial charge in [0.05, 0.1) is 12.1 Å². The van der Waals surface area contributed by atoms with Crippen molar-refractivity contribution in [2.75, 3.05) is 0 Å². The maximum Gasteiger partial charge on any atom is 0.258 e. The number of rotatable bonds is 2. The molecule has 0 aromatic heterocycles. The Bertz CT molecular complexity index is 260. The van der Waals surface area contributed by atoms with Crippen molar-refractivity contribution in [3.05, 3.63) is 0 Å². The van der Waals surface area contributed by atoms with Crippen LogP contribution >= 0.6 is 23.2 Å². The van der Waals surface area contributed by atoms with E-state index in [2.05, 4.69) is 0 Å². The summed E-state index contributed by atoms with van der Waals surface area (Å²) in [6.45, 7) is 7.76. The van der Waals surface area contributed by atoms with E-state index in [4.69, 9.17) is 27.9 Å². The fourth-order valence-corrected chi connectivity index (χ4v) is 2.20. The van der Waals surface area contributed by atoms with Gasteiger partial charge in [-0.2, -0.15) is 0 Å². The first-order valence-electron chi connectivity index (χ1n) is 5.12. The third kappa shape index (κ3) is 2.24. The van der Waals surface area contributed by atoms with E-state index in [0.29, 0.717) is 6.42 Å². The summed E-state index contributed by atoms with van der Waals surface area (Å²) >= 11 is 11.2. The number of hydrogen-bond acceptors (Lipinski definition) is 2. The second-order valence-corrected chi connectivity index (χ2v) is 5.20. The summed E-state index contributed by atoms with van der Waals surface area (Å²) in [5, 5.41) is 0. The normalized spacial score (nSPS) is 36.3. The fourth-order valence-electron chi connectivity index (χ4n) is 1.99. The minimum absolute atomic E-state index is 0.00227. The zero-order chi connectivity index (χ0) is 11.8. The molecule has 5 heteroatoms. The maximum absolute atomic E-state index is 11.9. The molecule has 0 aromatic rings. The van der Waals surface area contributed by atoms with E-state index >= 15 is 0 Å². The molecule has 0 radical (unpaired) electrons. The molecule has 3 unspecified atom stereocenters. The van der Waals surface area contributed by atoms with Gasteiger partial charge in [-0.25, -0.2) is 0 Å². The molecule has 1 amide bonds. The van der Waals surface area contributed by atoms with Gasteiger partial charge in [0.15, 0.2) is 4.84 Å². The van der Waals surface area contributed by atoms with Gasteiger partial charge in [-0.15, -0.1) is 0 Å². The number of carbonyl (C=O) groups is 1. The number of hydrogen-bond donors (Lipinski definition) is 0. The minimum Gasteiger partial charge on any atom is -0.351 e. The van der Waals surface area contributed by atoms with Crippen molar-refractivity contribution in [2.24, 2.45) is 0 Å². The molecule has 0 aliphatic carbocycles. The van der Waals surface area contributed by atoms with Crippen LogP contribution in [-0.2, 0) is 9.53 Å². The second kappa shape index (κ2) is 4.48. The van der Waals surface area contributed by atoms with Gasteiger partial charge in [0.25, 0.3) is 5.91 Å². The standard InChI is InChI=1S/C10H17Cl2NO2/c1-5-10(4)13(9(14)8(11)12)6(2)7(3)15-10/h6-8H,5H2,1-4H3. The molecule has 0 aromatic carbocycles. The first-order chi connectivity index (χ1) is 6.83. The Morgan fingerprint density at radius 3 is 2.47 bits per heavy atom. The van der Waals surface area contributed by atoms with Crippen LogP contribution in [-0.4, -0.2) is 33.5 Å². The number of amides is 1. The number of ether oxygens (including phenoxy) is 1. The van der Waals surface area contributed by atoms with Crippen LogP contribution in [0.4, 0.5) is 0 Å². The van der Waals surface area contributed by atoms with E-state index in [1.165, 1.54) is 0 Å². The van der Waals surface area contributed by atoms with Crippen LogP contribution < -0.4 is 0 Å². The molecule has 0 N–H and O–H groups in total. The van der Waals surface area contributed by atoms with Crippen molar-refractivity contribution in [1.82, 2.24) is 4.90 Å². The van der Waals surface area contributed by atoms with E-state index in [9.17, 15) is 4.79 Å². The molecule has 3 atom stereocenters. The fraction of sp³-hybridized carbons (Fsp3) is 0.900. The van der Waals surface area contributed by atoms with Crippen LogP contribution in [0.5, 0.6) is 0 Å². The van der Waals surface area contributed by atoms with Crippen molar-refractivity contribution in [1.29, 1.82) is 0 Å². The molecule has 1 heterocycles. The molecule has 15 heavy (non-hydrogen) atoms. The zero-order valence-electron chi connectivity index (χ0n) is 9.46. The highest BCUT2D eigenvalue weighted by Gasteiger charge is 2.48. The van der Waals surface area contributed by atoms with Gasteiger partial charge in [-0.05, 0) is 27.2 Å². The first kappa shape index (κ1) is 13.1. The Balaban J connectivity index is 2.97. The lowest BCUT2D eigenvalue weighted by Crippen LogP contribution is -2.50. The number of halogens is 2. The molecule has 0 spiro atoms. The molecule has 1 saturated heterocycles. The quantitative estimate of drug-likeness (QED) is 0.709. The van der Waals surface area contributed by atoms with Crippen LogP contribution in [0.1, 0.15) is 34.1 Å². The summed E-state index contributed by atoms with van der Waals surface area (Å²) in [4.78, 5) is 12.5. The highest BCUT2D eigenvalue weighted by Crippen LogP contribution is 2.35. The van der Waals surface area contributed by atoms with Crippen LogP contribution in [0, 0.1) is 0 Å². The van der Waals surface area contributed by atoms with E-state index in [-0.39, 0.29) is 18.1 Å². The average molecular weight is 254 g/mol. The van der Waals surface area contributed by atoms with Crippen LogP contribution in [0.3, 0.4) is 0 Å². The zero-order valence-corrected chi connectivity index (χ0v) is 11.0. The lowest BCUT2D eigenvalue weighted by molar-refractivity contribution is -0.148. The lowest BCUT2D eigenvalue weighted by atomic mass is 10.1. The van der Waals surface area contributed by atoms with Crippen LogP contribution in [0.2, 0.25) is 0 Å². The van der Waals surface area contributed by atoms with E-state index < -0.39 is 10.6 Å².